The Morgan fingerprint density at radius 1 is 1.18 bits per heavy atom. The van der Waals surface area contributed by atoms with E-state index >= 15 is 0 Å². The molecule has 1 aromatic carbocycles. The van der Waals surface area contributed by atoms with Crippen LogP contribution in [0.25, 0.3) is 0 Å². The predicted octanol–water partition coefficient (Wildman–Crippen LogP) is 4.38. The molecule has 2 rings (SSSR count). The quantitative estimate of drug-likeness (QED) is 0.535. The molecule has 0 saturated carbocycles. The first-order valence-corrected chi connectivity index (χ1v) is 10.5. The molecular weight excluding hydrogens is 463 g/mol. The standard InChI is InChI=1S/C22H27ClF3N3O4/c1-14-11-29-18(12-28-14)21(13-30,22(24,25)26)10-15-5-6-16(9-17(15)23)32-8-7-27-19(31)33-20(2,3)4/h5-6,9,11-12,30H,7-8,10,13H2,1-4H3,(H,27,31). The van der Waals surface area contributed by atoms with Crippen molar-refractivity contribution in [1.29, 1.82) is 0 Å². The van der Waals surface area contributed by atoms with Gasteiger partial charge in [0.1, 0.15) is 23.4 Å². The summed E-state index contributed by atoms with van der Waals surface area (Å²) in [5, 5.41) is 12.4. The van der Waals surface area contributed by atoms with E-state index in [1.165, 1.54) is 24.4 Å². The van der Waals surface area contributed by atoms with Crippen molar-refractivity contribution in [2.75, 3.05) is 19.8 Å². The van der Waals surface area contributed by atoms with Gasteiger partial charge in [0, 0.05) is 17.4 Å². The van der Waals surface area contributed by atoms with Crippen molar-refractivity contribution in [2.45, 2.75) is 51.3 Å². The summed E-state index contributed by atoms with van der Waals surface area (Å²) in [7, 11) is 0. The number of hydrogen-bond donors (Lipinski definition) is 2. The third-order valence-corrected chi connectivity index (χ3v) is 4.99. The second-order valence-corrected chi connectivity index (χ2v) is 8.90. The van der Waals surface area contributed by atoms with E-state index in [0.29, 0.717) is 11.4 Å². The number of benzene rings is 1. The minimum atomic E-state index is -4.81. The molecule has 182 valence electrons. The van der Waals surface area contributed by atoms with E-state index in [2.05, 4.69) is 15.3 Å². The number of nitrogens with one attached hydrogen (secondary N) is 1. The van der Waals surface area contributed by atoms with Gasteiger partial charge >= 0.3 is 12.3 Å². The maximum Gasteiger partial charge on any atom is 0.407 e. The molecule has 0 radical (unpaired) electrons. The first-order chi connectivity index (χ1) is 15.3. The summed E-state index contributed by atoms with van der Waals surface area (Å²) in [6.45, 7) is 5.84. The van der Waals surface area contributed by atoms with Gasteiger partial charge in [-0.2, -0.15) is 13.2 Å². The number of carbonyl (C=O) groups is 1. The summed E-state index contributed by atoms with van der Waals surface area (Å²) < 4.78 is 52.9. The van der Waals surface area contributed by atoms with Crippen LogP contribution in [0.1, 0.15) is 37.7 Å². The Balaban J connectivity index is 2.11. The fourth-order valence-electron chi connectivity index (χ4n) is 2.92. The molecule has 0 fully saturated rings. The van der Waals surface area contributed by atoms with Crippen LogP contribution in [0.4, 0.5) is 18.0 Å². The van der Waals surface area contributed by atoms with E-state index in [9.17, 15) is 23.1 Å². The monoisotopic (exact) mass is 489 g/mol. The normalized spacial score (nSPS) is 13.8. The number of carbonyl (C=O) groups excluding carboxylic acids is 1. The van der Waals surface area contributed by atoms with Gasteiger partial charge in [0.2, 0.25) is 0 Å². The smallest absolute Gasteiger partial charge is 0.407 e. The molecule has 0 spiro atoms. The number of aliphatic hydroxyl groups is 1. The van der Waals surface area contributed by atoms with Crippen molar-refractivity contribution < 1.29 is 32.5 Å². The highest BCUT2D eigenvalue weighted by Gasteiger charge is 2.57. The number of rotatable bonds is 8. The molecule has 33 heavy (non-hydrogen) atoms. The molecule has 1 atom stereocenters. The Morgan fingerprint density at radius 3 is 2.39 bits per heavy atom. The molecule has 11 heteroatoms. The highest BCUT2D eigenvalue weighted by atomic mass is 35.5. The molecule has 1 amide bonds. The lowest BCUT2D eigenvalue weighted by molar-refractivity contribution is -0.202. The van der Waals surface area contributed by atoms with Crippen LogP contribution in [0.15, 0.2) is 30.6 Å². The lowest BCUT2D eigenvalue weighted by Crippen LogP contribution is -2.48. The van der Waals surface area contributed by atoms with E-state index in [1.807, 2.05) is 0 Å². The highest BCUT2D eigenvalue weighted by Crippen LogP contribution is 2.43. The maximum atomic E-state index is 14.1. The largest absolute Gasteiger partial charge is 0.492 e. The molecule has 0 aliphatic rings. The molecule has 7 nitrogen and oxygen atoms in total. The third-order valence-electron chi connectivity index (χ3n) is 4.64. The third kappa shape index (κ3) is 7.20. The van der Waals surface area contributed by atoms with Crippen LogP contribution in [-0.2, 0) is 16.6 Å². The van der Waals surface area contributed by atoms with Gasteiger partial charge in [-0.25, -0.2) is 4.79 Å². The number of nitrogens with zero attached hydrogens (tertiary/aromatic N) is 2. The lowest BCUT2D eigenvalue weighted by atomic mass is 9.78. The van der Waals surface area contributed by atoms with E-state index in [4.69, 9.17) is 21.1 Å². The molecule has 2 aromatic rings. The van der Waals surface area contributed by atoms with Crippen LogP contribution in [0.3, 0.4) is 0 Å². The van der Waals surface area contributed by atoms with E-state index in [-0.39, 0.29) is 23.7 Å². The summed E-state index contributed by atoms with van der Waals surface area (Å²) in [4.78, 5) is 19.4. The minimum Gasteiger partial charge on any atom is -0.492 e. The fraction of sp³-hybridized carbons (Fsp3) is 0.500. The van der Waals surface area contributed by atoms with Gasteiger partial charge in [0.15, 0.2) is 0 Å². The predicted molar refractivity (Wildman–Crippen MR) is 116 cm³/mol. The van der Waals surface area contributed by atoms with E-state index in [0.717, 1.165) is 6.20 Å². The summed E-state index contributed by atoms with van der Waals surface area (Å²) in [6.07, 6.45) is -3.80. The number of hydrogen-bond acceptors (Lipinski definition) is 6. The second kappa shape index (κ2) is 10.6. The molecule has 0 aliphatic carbocycles. The summed E-state index contributed by atoms with van der Waals surface area (Å²) >= 11 is 6.24. The number of amides is 1. The Labute approximate surface area is 195 Å². The molecular formula is C22H27ClF3N3O4. The molecule has 0 saturated heterocycles. The van der Waals surface area contributed by atoms with Crippen LogP contribution in [-0.4, -0.2) is 52.7 Å². The topological polar surface area (TPSA) is 93.6 Å². The van der Waals surface area contributed by atoms with E-state index < -0.39 is 42.0 Å². The zero-order chi connectivity index (χ0) is 24.9. The SMILES string of the molecule is Cc1cnc(C(CO)(Cc2ccc(OCCNC(=O)OC(C)(C)C)cc2Cl)C(F)(F)F)cn1. The average Bonchev–Trinajstić information content (AvgIpc) is 2.69. The fourth-order valence-corrected chi connectivity index (χ4v) is 3.16. The Kier molecular flexibility index (Phi) is 8.53. The van der Waals surface area contributed by atoms with Crippen molar-refractivity contribution in [2.24, 2.45) is 0 Å². The zero-order valence-corrected chi connectivity index (χ0v) is 19.5. The van der Waals surface area contributed by atoms with Gasteiger partial charge in [-0.1, -0.05) is 17.7 Å². The molecule has 0 aliphatic heterocycles. The number of aryl methyl sites for hydroxylation is 1. The first kappa shape index (κ1) is 26.7. The number of aliphatic hydroxyl groups excluding tert-OH is 1. The van der Waals surface area contributed by atoms with Crippen LogP contribution >= 0.6 is 11.6 Å². The number of alkyl halides is 3. The van der Waals surface area contributed by atoms with Crippen molar-refractivity contribution in [3.63, 3.8) is 0 Å². The van der Waals surface area contributed by atoms with Gasteiger partial charge in [-0.05, 0) is 51.8 Å². The number of ether oxygens (including phenoxy) is 2. The van der Waals surface area contributed by atoms with Gasteiger partial charge < -0.3 is 19.9 Å². The number of alkyl carbamates (subject to hydrolysis) is 1. The van der Waals surface area contributed by atoms with Crippen LogP contribution in [0.5, 0.6) is 5.75 Å². The van der Waals surface area contributed by atoms with E-state index in [1.54, 1.807) is 27.7 Å². The van der Waals surface area contributed by atoms with Crippen LogP contribution in [0, 0.1) is 6.92 Å². The summed E-state index contributed by atoms with van der Waals surface area (Å²) in [5.41, 5.74) is -3.08. The molecule has 1 aromatic heterocycles. The first-order valence-electron chi connectivity index (χ1n) is 10.1. The summed E-state index contributed by atoms with van der Waals surface area (Å²) in [6, 6.07) is 4.24. The van der Waals surface area contributed by atoms with Gasteiger partial charge in [-0.3, -0.25) is 9.97 Å². The van der Waals surface area contributed by atoms with Crippen LogP contribution in [0.2, 0.25) is 5.02 Å². The van der Waals surface area contributed by atoms with Crippen molar-refractivity contribution in [1.82, 2.24) is 15.3 Å². The maximum absolute atomic E-state index is 14.1. The van der Waals surface area contributed by atoms with Crippen molar-refractivity contribution in [3.05, 3.63) is 52.6 Å². The Bertz CT molecular complexity index is 949. The highest BCUT2D eigenvalue weighted by molar-refractivity contribution is 6.31. The van der Waals surface area contributed by atoms with Crippen molar-refractivity contribution >= 4 is 17.7 Å². The Hall–Kier alpha value is -2.59. The number of aromatic nitrogens is 2. The minimum absolute atomic E-state index is 0.0368. The summed E-state index contributed by atoms with van der Waals surface area (Å²) in [5.74, 6) is 0.312. The van der Waals surface area contributed by atoms with Gasteiger partial charge in [-0.15, -0.1) is 0 Å². The Morgan fingerprint density at radius 2 is 1.88 bits per heavy atom. The van der Waals surface area contributed by atoms with Gasteiger partial charge in [0.05, 0.1) is 24.5 Å². The number of halogens is 4. The molecule has 1 heterocycles. The zero-order valence-electron chi connectivity index (χ0n) is 18.8. The molecule has 1 unspecified atom stereocenters. The lowest BCUT2D eigenvalue weighted by Gasteiger charge is -2.33. The van der Waals surface area contributed by atoms with Crippen LogP contribution < -0.4 is 10.1 Å². The van der Waals surface area contributed by atoms with Gasteiger partial charge in [0.25, 0.3) is 0 Å². The molecule has 0 bridgehead atoms. The van der Waals surface area contributed by atoms with Crippen molar-refractivity contribution in [3.8, 4) is 5.75 Å². The second-order valence-electron chi connectivity index (χ2n) is 8.49. The average molecular weight is 490 g/mol. The molecule has 2 N–H and O–H groups in total.